The van der Waals surface area contributed by atoms with Crippen molar-refractivity contribution in [2.24, 2.45) is 5.10 Å². The first-order valence-corrected chi connectivity index (χ1v) is 12.3. The molecule has 1 saturated heterocycles. The largest absolute Gasteiger partial charge is 0.444 e. The molecule has 8 heteroatoms. The number of hydrogen-bond acceptors (Lipinski definition) is 6. The lowest BCUT2D eigenvalue weighted by Gasteiger charge is -2.45. The van der Waals surface area contributed by atoms with Gasteiger partial charge in [0.2, 0.25) is 0 Å². The van der Waals surface area contributed by atoms with Crippen LogP contribution in [0.4, 0.5) is 4.79 Å². The van der Waals surface area contributed by atoms with Gasteiger partial charge in [-0.25, -0.2) is 5.01 Å². The number of fused-ring (bicyclic) bond motifs is 4. The second-order valence-electron chi connectivity index (χ2n) is 7.44. The summed E-state index contributed by atoms with van der Waals surface area (Å²) >= 11 is 6.38. The molecule has 6 rings (SSSR count). The lowest BCUT2D eigenvalue weighted by Crippen LogP contribution is -2.61. The van der Waals surface area contributed by atoms with Crippen LogP contribution in [0.25, 0.3) is 6.08 Å². The molecule has 4 heterocycles. The number of thiophene rings is 1. The van der Waals surface area contributed by atoms with Crippen molar-refractivity contribution in [2.45, 2.75) is 18.3 Å². The molecule has 1 N–H and O–H groups in total. The quantitative estimate of drug-likeness (QED) is 0.446. The number of thioether (sulfide) groups is 1. The predicted octanol–water partition coefficient (Wildman–Crippen LogP) is 6.21. The molecule has 2 atom stereocenters. The summed E-state index contributed by atoms with van der Waals surface area (Å²) in [5.41, 5.74) is 3.10. The van der Waals surface area contributed by atoms with E-state index in [-0.39, 0.29) is 11.3 Å². The molecule has 0 bridgehead atoms. The molecule has 3 aliphatic heterocycles. The molecule has 1 aromatic heterocycles. The molecule has 0 aliphatic carbocycles. The number of amides is 1. The minimum atomic E-state index is -1.16. The maximum Gasteiger partial charge on any atom is 0.314 e. The molecule has 154 valence electrons. The van der Waals surface area contributed by atoms with Crippen molar-refractivity contribution < 1.29 is 9.53 Å². The fourth-order valence-corrected chi connectivity index (χ4v) is 6.21. The van der Waals surface area contributed by atoms with Crippen LogP contribution in [-0.2, 0) is 0 Å². The second kappa shape index (κ2) is 7.25. The first-order chi connectivity index (χ1) is 15.1. The average molecular weight is 510 g/mol. The Hall–Kier alpha value is -2.55. The van der Waals surface area contributed by atoms with Crippen molar-refractivity contribution >= 4 is 56.1 Å². The molecule has 3 aliphatic rings. The average Bonchev–Trinajstić information content (AvgIpc) is 3.50. The van der Waals surface area contributed by atoms with Gasteiger partial charge in [-0.1, -0.05) is 52.3 Å². The van der Waals surface area contributed by atoms with E-state index < -0.39 is 5.85 Å². The van der Waals surface area contributed by atoms with Crippen molar-refractivity contribution in [3.8, 4) is 5.75 Å². The van der Waals surface area contributed by atoms with Gasteiger partial charge in [-0.05, 0) is 53.0 Å². The van der Waals surface area contributed by atoms with Crippen LogP contribution in [0.2, 0.25) is 0 Å². The van der Waals surface area contributed by atoms with Crippen LogP contribution < -0.4 is 10.1 Å². The van der Waals surface area contributed by atoms with Crippen molar-refractivity contribution in [2.75, 3.05) is 0 Å². The van der Waals surface area contributed by atoms with Gasteiger partial charge in [0.15, 0.2) is 0 Å². The molecule has 31 heavy (non-hydrogen) atoms. The number of carbonyl (C=O) groups is 1. The zero-order chi connectivity index (χ0) is 21.0. The van der Waals surface area contributed by atoms with E-state index in [1.165, 1.54) is 11.8 Å². The molecule has 1 amide bonds. The summed E-state index contributed by atoms with van der Waals surface area (Å²) in [6.07, 6.45) is 2.75. The van der Waals surface area contributed by atoms with E-state index in [1.807, 2.05) is 58.9 Å². The normalized spacial score (nSPS) is 25.3. The van der Waals surface area contributed by atoms with Crippen LogP contribution in [0.1, 0.15) is 28.5 Å². The van der Waals surface area contributed by atoms with Crippen LogP contribution in [0.3, 0.4) is 0 Å². The number of ether oxygens (including phenoxy) is 1. The highest BCUT2D eigenvalue weighted by Gasteiger charge is 2.58. The van der Waals surface area contributed by atoms with Crippen molar-refractivity contribution in [3.05, 3.63) is 91.4 Å². The van der Waals surface area contributed by atoms with Crippen LogP contribution >= 0.6 is 39.0 Å². The first-order valence-electron chi connectivity index (χ1n) is 9.79. The van der Waals surface area contributed by atoms with E-state index in [0.717, 1.165) is 43.3 Å². The number of hydrazone groups is 1. The molecule has 0 saturated carbocycles. The summed E-state index contributed by atoms with van der Waals surface area (Å²) in [7, 11) is 0. The zero-order valence-corrected chi connectivity index (χ0v) is 19.3. The van der Waals surface area contributed by atoms with E-state index in [0.29, 0.717) is 0 Å². The Bertz CT molecular complexity index is 1240. The highest BCUT2D eigenvalue weighted by Crippen LogP contribution is 2.53. The maximum atomic E-state index is 12.6. The Morgan fingerprint density at radius 3 is 2.87 bits per heavy atom. The Kier molecular flexibility index (Phi) is 4.48. The molecular weight excluding hydrogens is 494 g/mol. The van der Waals surface area contributed by atoms with Crippen molar-refractivity contribution in [1.82, 2.24) is 10.3 Å². The number of rotatable bonds is 2. The van der Waals surface area contributed by atoms with Gasteiger partial charge < -0.3 is 4.74 Å². The zero-order valence-electron chi connectivity index (χ0n) is 16.1. The number of nitrogens with one attached hydrogen (secondary N) is 1. The molecule has 2 unspecified atom stereocenters. The minimum Gasteiger partial charge on any atom is -0.444 e. The van der Waals surface area contributed by atoms with Gasteiger partial charge in [0, 0.05) is 21.3 Å². The lowest BCUT2D eigenvalue weighted by atomic mass is 9.96. The standard InChI is InChI=1S/C23H16BrN3O2S2/c24-15-8-9-20-17(11-15)19-13-18(14-5-2-1-3-6-14)26-27(19)23(29-20)21(31-22(28)25-23)12-16-7-4-10-30-16/h1-12,19H,13H2,(H,25,28)/b21-12-. The van der Waals surface area contributed by atoms with E-state index in [9.17, 15) is 4.79 Å². The monoisotopic (exact) mass is 509 g/mol. The summed E-state index contributed by atoms with van der Waals surface area (Å²) in [6.45, 7) is 0. The fourth-order valence-electron chi connectivity index (χ4n) is 4.20. The molecular formula is C23H16BrN3O2S2. The Labute approximate surface area is 195 Å². The summed E-state index contributed by atoms with van der Waals surface area (Å²) in [6, 6.07) is 20.1. The van der Waals surface area contributed by atoms with E-state index in [1.54, 1.807) is 11.3 Å². The van der Waals surface area contributed by atoms with E-state index in [2.05, 4.69) is 39.4 Å². The van der Waals surface area contributed by atoms with Crippen LogP contribution in [-0.4, -0.2) is 21.8 Å². The molecule has 2 aromatic carbocycles. The topological polar surface area (TPSA) is 53.9 Å². The highest BCUT2D eigenvalue weighted by molar-refractivity contribution is 9.10. The number of carbonyl (C=O) groups excluding carboxylic acids is 1. The third kappa shape index (κ3) is 3.12. The van der Waals surface area contributed by atoms with Gasteiger partial charge in [0.25, 0.3) is 5.24 Å². The fraction of sp³-hybridized carbons (Fsp3) is 0.130. The van der Waals surface area contributed by atoms with Gasteiger partial charge in [0.05, 0.1) is 16.7 Å². The molecule has 1 spiro atoms. The van der Waals surface area contributed by atoms with E-state index >= 15 is 0 Å². The number of benzene rings is 2. The first kappa shape index (κ1) is 19.2. The third-order valence-corrected chi connectivity index (χ3v) is 7.77. The maximum absolute atomic E-state index is 12.6. The van der Waals surface area contributed by atoms with Gasteiger partial charge in [0.1, 0.15) is 5.75 Å². The number of hydrogen-bond donors (Lipinski definition) is 1. The smallest absolute Gasteiger partial charge is 0.314 e. The Morgan fingerprint density at radius 1 is 1.19 bits per heavy atom. The molecule has 0 radical (unpaired) electrons. The van der Waals surface area contributed by atoms with Gasteiger partial charge in [-0.2, -0.15) is 5.10 Å². The van der Waals surface area contributed by atoms with Gasteiger partial charge >= 0.3 is 5.85 Å². The van der Waals surface area contributed by atoms with Crippen LogP contribution in [0.15, 0.2) is 80.5 Å². The minimum absolute atomic E-state index is 0.0535. The van der Waals surface area contributed by atoms with Crippen molar-refractivity contribution in [1.29, 1.82) is 0 Å². The summed E-state index contributed by atoms with van der Waals surface area (Å²) in [5, 5.41) is 11.9. The Morgan fingerprint density at radius 2 is 2.06 bits per heavy atom. The molecule has 5 nitrogen and oxygen atoms in total. The van der Waals surface area contributed by atoms with Crippen LogP contribution in [0, 0.1) is 0 Å². The number of halogens is 1. The SMILES string of the molecule is O=C1NC2(Oc3ccc(Br)cc3C3CC(c4ccccc4)=NN32)/C(=C/c2cccs2)S1. The van der Waals surface area contributed by atoms with Gasteiger partial charge in [-0.15, -0.1) is 11.3 Å². The lowest BCUT2D eigenvalue weighted by molar-refractivity contribution is -0.0949. The summed E-state index contributed by atoms with van der Waals surface area (Å²) in [4.78, 5) is 14.5. The van der Waals surface area contributed by atoms with Crippen LogP contribution in [0.5, 0.6) is 5.75 Å². The molecule has 3 aromatic rings. The summed E-state index contributed by atoms with van der Waals surface area (Å²) < 4.78 is 7.53. The van der Waals surface area contributed by atoms with E-state index in [4.69, 9.17) is 9.84 Å². The third-order valence-electron chi connectivity index (χ3n) is 5.55. The summed E-state index contributed by atoms with van der Waals surface area (Å²) in [5.74, 6) is -0.401. The van der Waals surface area contributed by atoms with Gasteiger partial charge in [-0.3, -0.25) is 10.1 Å². The highest BCUT2D eigenvalue weighted by atomic mass is 79.9. The Balaban J connectivity index is 1.53. The van der Waals surface area contributed by atoms with Crippen molar-refractivity contribution in [3.63, 3.8) is 0 Å². The molecule has 1 fully saturated rings. The predicted molar refractivity (Wildman–Crippen MR) is 128 cm³/mol. The second-order valence-corrected chi connectivity index (χ2v) is 10.4. The number of nitrogens with zero attached hydrogens (tertiary/aromatic N) is 2.